The number of aromatic carboxylic acids is 1. The van der Waals surface area contributed by atoms with Crippen molar-refractivity contribution in [3.63, 3.8) is 0 Å². The van der Waals surface area contributed by atoms with Crippen LogP contribution in [0.4, 0.5) is 8.78 Å². The van der Waals surface area contributed by atoms with Crippen LogP contribution in [0.15, 0.2) is 36.4 Å². The summed E-state index contributed by atoms with van der Waals surface area (Å²) in [4.78, 5) is 28.7. The maximum absolute atomic E-state index is 15.3. The summed E-state index contributed by atoms with van der Waals surface area (Å²) in [5, 5.41) is 11.9. The van der Waals surface area contributed by atoms with Gasteiger partial charge in [-0.05, 0) is 49.4 Å². The summed E-state index contributed by atoms with van der Waals surface area (Å²) >= 11 is 4.40. The molecule has 2 N–H and O–H groups in total. The Hall–Kier alpha value is -3.40. The minimum absolute atomic E-state index is 0.0273. The van der Waals surface area contributed by atoms with Crippen molar-refractivity contribution in [3.8, 4) is 17.1 Å². The standard InChI is InChI=1S/C28H33F2N3O4S/c1-5-23-24(14-31-26(34)25(38)11-16(3)4)33(28(32-23)37-6-2)15-17-12-22(30)20(13-21(17)29)18-9-7-8-10-19(18)27(35)36/h7-10,12-13,16,25,38H,5-6,11,14-15H2,1-4H3,(H,31,34)(H,35,36)/t25-/m0/s1. The van der Waals surface area contributed by atoms with Crippen LogP contribution in [0.2, 0.25) is 0 Å². The number of aromatic nitrogens is 2. The summed E-state index contributed by atoms with van der Waals surface area (Å²) in [5.41, 5.74) is 1.12. The first kappa shape index (κ1) is 29.2. The van der Waals surface area contributed by atoms with Crippen molar-refractivity contribution in [3.05, 3.63) is 70.5 Å². The molecule has 38 heavy (non-hydrogen) atoms. The highest BCUT2D eigenvalue weighted by Crippen LogP contribution is 2.30. The Bertz CT molecular complexity index is 1310. The maximum atomic E-state index is 15.3. The number of carbonyl (C=O) groups is 2. The zero-order valence-electron chi connectivity index (χ0n) is 21.9. The van der Waals surface area contributed by atoms with Crippen molar-refractivity contribution in [2.75, 3.05) is 6.61 Å². The van der Waals surface area contributed by atoms with E-state index in [1.54, 1.807) is 17.6 Å². The Kier molecular flexibility index (Phi) is 9.90. The highest BCUT2D eigenvalue weighted by Gasteiger charge is 2.23. The predicted molar refractivity (Wildman–Crippen MR) is 145 cm³/mol. The Labute approximate surface area is 226 Å². The van der Waals surface area contributed by atoms with Gasteiger partial charge in [0.15, 0.2) is 0 Å². The summed E-state index contributed by atoms with van der Waals surface area (Å²) in [6.07, 6.45) is 1.15. The number of carboxylic acid groups (broad SMARTS) is 1. The van der Waals surface area contributed by atoms with Gasteiger partial charge < -0.3 is 15.2 Å². The molecule has 0 fully saturated rings. The third kappa shape index (κ3) is 6.72. The maximum Gasteiger partial charge on any atom is 0.336 e. The quantitative estimate of drug-likeness (QED) is 0.262. The summed E-state index contributed by atoms with van der Waals surface area (Å²) in [6, 6.07) is 8.16. The van der Waals surface area contributed by atoms with Gasteiger partial charge >= 0.3 is 5.97 Å². The summed E-state index contributed by atoms with van der Waals surface area (Å²) in [5.74, 6) is -2.63. The number of aryl methyl sites for hydroxylation is 1. The first-order valence-corrected chi connectivity index (χ1v) is 13.1. The van der Waals surface area contributed by atoms with Crippen LogP contribution in [0.5, 0.6) is 6.01 Å². The van der Waals surface area contributed by atoms with Gasteiger partial charge in [-0.1, -0.05) is 39.0 Å². The van der Waals surface area contributed by atoms with Gasteiger partial charge in [-0.2, -0.15) is 17.6 Å². The van der Waals surface area contributed by atoms with E-state index in [0.29, 0.717) is 36.8 Å². The van der Waals surface area contributed by atoms with Gasteiger partial charge in [-0.3, -0.25) is 9.36 Å². The van der Waals surface area contributed by atoms with Crippen molar-refractivity contribution < 1.29 is 28.2 Å². The monoisotopic (exact) mass is 545 g/mol. The first-order chi connectivity index (χ1) is 18.1. The molecule has 0 unspecified atom stereocenters. The number of thiol groups is 1. The molecular weight excluding hydrogens is 512 g/mol. The number of benzene rings is 2. The number of carboxylic acids is 1. The molecule has 0 aliphatic carbocycles. The molecule has 10 heteroatoms. The van der Waals surface area contributed by atoms with Crippen LogP contribution in [0.3, 0.4) is 0 Å². The van der Waals surface area contributed by atoms with Gasteiger partial charge in [0, 0.05) is 11.1 Å². The summed E-state index contributed by atoms with van der Waals surface area (Å²) < 4.78 is 37.9. The van der Waals surface area contributed by atoms with Crippen LogP contribution >= 0.6 is 12.6 Å². The molecule has 0 saturated heterocycles. The van der Waals surface area contributed by atoms with Crippen molar-refractivity contribution in [2.24, 2.45) is 5.92 Å². The Morgan fingerprint density at radius 1 is 1.13 bits per heavy atom. The lowest BCUT2D eigenvalue weighted by molar-refractivity contribution is -0.121. The number of ether oxygens (including phenoxy) is 1. The molecule has 0 radical (unpaired) electrons. The molecule has 0 saturated carbocycles. The van der Waals surface area contributed by atoms with Crippen LogP contribution in [0, 0.1) is 17.6 Å². The largest absolute Gasteiger partial charge is 0.478 e. The smallest absolute Gasteiger partial charge is 0.336 e. The number of halogens is 2. The molecule has 1 amide bonds. The van der Waals surface area contributed by atoms with Crippen LogP contribution in [0.1, 0.15) is 61.4 Å². The average molecular weight is 546 g/mol. The summed E-state index contributed by atoms with van der Waals surface area (Å²) in [6.45, 7) is 8.03. The van der Waals surface area contributed by atoms with Crippen molar-refractivity contribution in [2.45, 2.75) is 58.9 Å². The van der Waals surface area contributed by atoms with E-state index in [9.17, 15) is 14.7 Å². The molecule has 0 aliphatic rings. The fourth-order valence-electron chi connectivity index (χ4n) is 4.23. The number of hydrogen-bond acceptors (Lipinski definition) is 5. The number of hydrogen-bond donors (Lipinski definition) is 3. The molecule has 7 nitrogen and oxygen atoms in total. The zero-order chi connectivity index (χ0) is 28.0. The highest BCUT2D eigenvalue weighted by atomic mass is 32.1. The second-order valence-corrected chi connectivity index (χ2v) is 9.92. The van der Waals surface area contributed by atoms with E-state index in [4.69, 9.17) is 4.74 Å². The molecule has 0 aliphatic heterocycles. The Morgan fingerprint density at radius 3 is 2.47 bits per heavy atom. The van der Waals surface area contributed by atoms with Gasteiger partial charge in [-0.25, -0.2) is 13.6 Å². The summed E-state index contributed by atoms with van der Waals surface area (Å²) in [7, 11) is 0. The fourth-order valence-corrected chi connectivity index (χ4v) is 4.74. The predicted octanol–water partition coefficient (Wildman–Crippen LogP) is 5.50. The lowest BCUT2D eigenvalue weighted by atomic mass is 9.97. The number of nitrogens with one attached hydrogen (secondary N) is 1. The van der Waals surface area contributed by atoms with E-state index in [1.807, 2.05) is 20.8 Å². The molecule has 0 bridgehead atoms. The zero-order valence-corrected chi connectivity index (χ0v) is 22.8. The molecule has 2 aromatic carbocycles. The van der Waals surface area contributed by atoms with E-state index in [-0.39, 0.29) is 47.3 Å². The third-order valence-electron chi connectivity index (χ3n) is 6.07. The van der Waals surface area contributed by atoms with E-state index < -0.39 is 22.9 Å². The Morgan fingerprint density at radius 2 is 1.84 bits per heavy atom. The van der Waals surface area contributed by atoms with Crippen LogP contribution < -0.4 is 10.1 Å². The molecule has 0 spiro atoms. The van der Waals surface area contributed by atoms with E-state index in [2.05, 4.69) is 22.9 Å². The van der Waals surface area contributed by atoms with Crippen molar-refractivity contribution in [1.29, 1.82) is 0 Å². The van der Waals surface area contributed by atoms with Gasteiger partial charge in [0.25, 0.3) is 6.01 Å². The SMILES string of the molecule is CCOc1nc(CC)c(CNC(=O)[C@@H](S)CC(C)C)n1Cc1cc(F)c(-c2ccccc2C(=O)O)cc1F. The second-order valence-electron chi connectivity index (χ2n) is 9.30. The molecule has 204 valence electrons. The molecule has 1 aromatic heterocycles. The number of carbonyl (C=O) groups excluding carboxylic acids is 1. The number of rotatable bonds is 12. The van der Waals surface area contributed by atoms with Gasteiger partial charge in [0.1, 0.15) is 11.6 Å². The van der Waals surface area contributed by atoms with Crippen LogP contribution in [-0.2, 0) is 24.3 Å². The van der Waals surface area contributed by atoms with Crippen molar-refractivity contribution >= 4 is 24.5 Å². The average Bonchev–Trinajstić information content (AvgIpc) is 3.20. The van der Waals surface area contributed by atoms with Crippen molar-refractivity contribution in [1.82, 2.24) is 14.9 Å². The minimum Gasteiger partial charge on any atom is -0.478 e. The van der Waals surface area contributed by atoms with Crippen LogP contribution in [0.25, 0.3) is 11.1 Å². The topological polar surface area (TPSA) is 93.5 Å². The first-order valence-electron chi connectivity index (χ1n) is 12.5. The lowest BCUT2D eigenvalue weighted by Crippen LogP contribution is -2.32. The van der Waals surface area contributed by atoms with Gasteiger partial charge in [0.2, 0.25) is 5.91 Å². The number of amides is 1. The molecule has 3 rings (SSSR count). The Balaban J connectivity index is 1.98. The number of imidazole rings is 1. The normalized spacial score (nSPS) is 12.0. The minimum atomic E-state index is -1.24. The lowest BCUT2D eigenvalue weighted by Gasteiger charge is -2.17. The molecule has 3 aromatic rings. The van der Waals surface area contributed by atoms with Crippen LogP contribution in [-0.4, -0.2) is 38.4 Å². The van der Waals surface area contributed by atoms with Gasteiger partial charge in [-0.15, -0.1) is 0 Å². The fraction of sp³-hybridized carbons (Fsp3) is 0.393. The number of nitrogens with zero attached hydrogens (tertiary/aromatic N) is 2. The van der Waals surface area contributed by atoms with E-state index in [0.717, 1.165) is 12.1 Å². The highest BCUT2D eigenvalue weighted by molar-refractivity contribution is 7.81. The van der Waals surface area contributed by atoms with Gasteiger partial charge in [0.05, 0.1) is 41.9 Å². The molecule has 1 atom stereocenters. The second kappa shape index (κ2) is 12.9. The van der Waals surface area contributed by atoms with E-state index >= 15 is 8.78 Å². The molecular formula is C28H33F2N3O4S. The molecule has 1 heterocycles. The third-order valence-corrected chi connectivity index (χ3v) is 6.51. The van der Waals surface area contributed by atoms with E-state index in [1.165, 1.54) is 18.2 Å².